The average molecular weight is 602 g/mol. The summed E-state index contributed by atoms with van der Waals surface area (Å²) in [6.45, 7) is 0. The predicted octanol–water partition coefficient (Wildman–Crippen LogP) is 11.3. The van der Waals surface area contributed by atoms with Crippen molar-refractivity contribution in [2.75, 3.05) is 0 Å². The fourth-order valence-electron chi connectivity index (χ4n) is 6.41. The van der Waals surface area contributed by atoms with Crippen molar-refractivity contribution in [2.24, 2.45) is 0 Å². The number of pyridine rings is 1. The van der Waals surface area contributed by atoms with E-state index in [1.54, 1.807) is 0 Å². The lowest BCUT2D eigenvalue weighted by molar-refractivity contribution is 0.670. The zero-order valence-corrected chi connectivity index (χ0v) is 25.3. The summed E-state index contributed by atoms with van der Waals surface area (Å²) in [5, 5.41) is 2.08. The number of furan rings is 1. The van der Waals surface area contributed by atoms with Crippen LogP contribution in [-0.4, -0.2) is 15.0 Å². The first-order valence-electron chi connectivity index (χ1n) is 15.7. The molecule has 0 saturated heterocycles. The Morgan fingerprint density at radius 1 is 0.383 bits per heavy atom. The molecular formula is C43H27N3O. The molecule has 0 aliphatic rings. The van der Waals surface area contributed by atoms with Crippen molar-refractivity contribution in [3.05, 3.63) is 164 Å². The van der Waals surface area contributed by atoms with Gasteiger partial charge in [0.15, 0.2) is 11.4 Å². The number of benzene rings is 6. The summed E-state index contributed by atoms with van der Waals surface area (Å²) in [7, 11) is 0. The van der Waals surface area contributed by atoms with Crippen LogP contribution in [0.3, 0.4) is 0 Å². The smallest absolute Gasteiger partial charge is 0.162 e. The summed E-state index contributed by atoms with van der Waals surface area (Å²) in [4.78, 5) is 15.1. The minimum absolute atomic E-state index is 0.687. The highest BCUT2D eigenvalue weighted by Gasteiger charge is 2.18. The molecule has 0 unspecified atom stereocenters. The Morgan fingerprint density at radius 2 is 0.915 bits per heavy atom. The topological polar surface area (TPSA) is 51.8 Å². The number of rotatable bonds is 5. The van der Waals surface area contributed by atoms with Crippen LogP contribution in [0.5, 0.6) is 0 Å². The first-order valence-corrected chi connectivity index (χ1v) is 15.7. The van der Waals surface area contributed by atoms with Crippen molar-refractivity contribution in [1.29, 1.82) is 0 Å². The van der Waals surface area contributed by atoms with Crippen LogP contribution in [0, 0.1) is 0 Å². The van der Waals surface area contributed by atoms with Gasteiger partial charge in [-0.25, -0.2) is 15.0 Å². The fraction of sp³-hybridized carbons (Fsp3) is 0. The first-order chi connectivity index (χ1) is 23.3. The molecule has 0 atom stereocenters. The van der Waals surface area contributed by atoms with E-state index in [0.717, 1.165) is 83.3 Å². The second-order valence-electron chi connectivity index (χ2n) is 11.6. The summed E-state index contributed by atoms with van der Waals surface area (Å²) in [5.74, 6) is 0.687. The number of para-hydroxylation sites is 2. The van der Waals surface area contributed by atoms with Gasteiger partial charge in [0.25, 0.3) is 0 Å². The monoisotopic (exact) mass is 601 g/mol. The molecular weight excluding hydrogens is 574 g/mol. The van der Waals surface area contributed by atoms with E-state index in [4.69, 9.17) is 19.4 Å². The molecule has 0 N–H and O–H groups in total. The standard InChI is InChI=1S/C43H27N3O/c1-3-13-28(14-4-1)37-27-38(29-15-5-2-6-16-29)46-43(45-37)33-20-12-18-31(26-33)30-17-11-19-32(25-30)40-34-21-7-9-23-36(34)44-41-35-22-8-10-24-39(35)47-42(40)41/h1-27H. The maximum atomic E-state index is 6.48. The van der Waals surface area contributed by atoms with Gasteiger partial charge in [-0.2, -0.15) is 0 Å². The summed E-state index contributed by atoms with van der Waals surface area (Å²) < 4.78 is 6.48. The van der Waals surface area contributed by atoms with Gasteiger partial charge in [-0.3, -0.25) is 0 Å². The highest BCUT2D eigenvalue weighted by atomic mass is 16.3. The zero-order valence-electron chi connectivity index (χ0n) is 25.3. The van der Waals surface area contributed by atoms with Crippen LogP contribution in [-0.2, 0) is 0 Å². The van der Waals surface area contributed by atoms with Crippen molar-refractivity contribution in [1.82, 2.24) is 15.0 Å². The number of aromatic nitrogens is 3. The van der Waals surface area contributed by atoms with Crippen molar-refractivity contribution < 1.29 is 4.42 Å². The van der Waals surface area contributed by atoms with Crippen molar-refractivity contribution in [2.45, 2.75) is 0 Å². The van der Waals surface area contributed by atoms with E-state index in [1.165, 1.54) is 0 Å². The van der Waals surface area contributed by atoms with E-state index in [9.17, 15) is 0 Å². The summed E-state index contributed by atoms with van der Waals surface area (Å²) in [6.07, 6.45) is 0. The van der Waals surface area contributed by atoms with E-state index in [0.29, 0.717) is 5.82 Å². The second kappa shape index (κ2) is 11.2. The SMILES string of the molecule is c1ccc(-c2cc(-c3ccccc3)nc(-c3cccc(-c4cccc(-c5c6ccccc6nc6c5oc5ccccc56)c4)c3)n2)cc1. The summed E-state index contributed by atoms with van der Waals surface area (Å²) in [6, 6.07) is 56.2. The molecule has 0 saturated carbocycles. The molecule has 9 rings (SSSR count). The largest absolute Gasteiger partial charge is 0.454 e. The number of fused-ring (bicyclic) bond motifs is 4. The van der Waals surface area contributed by atoms with E-state index in [1.807, 2.05) is 60.7 Å². The highest BCUT2D eigenvalue weighted by molar-refractivity contribution is 6.15. The molecule has 3 aromatic heterocycles. The lowest BCUT2D eigenvalue weighted by Crippen LogP contribution is -1.96. The van der Waals surface area contributed by atoms with E-state index < -0.39 is 0 Å². The molecule has 0 radical (unpaired) electrons. The lowest BCUT2D eigenvalue weighted by atomic mass is 9.95. The predicted molar refractivity (Wildman–Crippen MR) is 192 cm³/mol. The Labute approximate surface area is 271 Å². The molecule has 9 aromatic rings. The van der Waals surface area contributed by atoms with Gasteiger partial charge in [0.1, 0.15) is 11.1 Å². The van der Waals surface area contributed by atoms with Crippen molar-refractivity contribution in [3.63, 3.8) is 0 Å². The molecule has 3 heterocycles. The van der Waals surface area contributed by atoms with Crippen LogP contribution in [0.4, 0.5) is 0 Å². The maximum absolute atomic E-state index is 6.48. The zero-order chi connectivity index (χ0) is 31.2. The Hall–Kier alpha value is -6.39. The molecule has 0 amide bonds. The van der Waals surface area contributed by atoms with Gasteiger partial charge in [-0.1, -0.05) is 127 Å². The third kappa shape index (κ3) is 4.84. The Morgan fingerprint density at radius 3 is 1.62 bits per heavy atom. The third-order valence-corrected chi connectivity index (χ3v) is 8.67. The van der Waals surface area contributed by atoms with Crippen LogP contribution in [0.1, 0.15) is 0 Å². The molecule has 4 heteroatoms. The van der Waals surface area contributed by atoms with Crippen molar-refractivity contribution in [3.8, 4) is 56.2 Å². The molecule has 220 valence electrons. The second-order valence-corrected chi connectivity index (χ2v) is 11.6. The molecule has 47 heavy (non-hydrogen) atoms. The molecule has 0 fully saturated rings. The Balaban J connectivity index is 1.19. The van der Waals surface area contributed by atoms with E-state index >= 15 is 0 Å². The van der Waals surface area contributed by atoms with Crippen LogP contribution in [0.15, 0.2) is 168 Å². The van der Waals surface area contributed by atoms with Gasteiger partial charge in [-0.15, -0.1) is 0 Å². The highest BCUT2D eigenvalue weighted by Crippen LogP contribution is 2.40. The fourth-order valence-corrected chi connectivity index (χ4v) is 6.41. The number of hydrogen-bond donors (Lipinski definition) is 0. The molecule has 6 aromatic carbocycles. The minimum Gasteiger partial charge on any atom is -0.454 e. The summed E-state index contributed by atoms with van der Waals surface area (Å²) in [5.41, 5.74) is 12.6. The van der Waals surface area contributed by atoms with E-state index in [-0.39, 0.29) is 0 Å². The van der Waals surface area contributed by atoms with Crippen LogP contribution in [0.25, 0.3) is 89.1 Å². The van der Waals surface area contributed by atoms with Gasteiger partial charge in [0.05, 0.1) is 16.9 Å². The average Bonchev–Trinajstić information content (AvgIpc) is 3.52. The summed E-state index contributed by atoms with van der Waals surface area (Å²) >= 11 is 0. The maximum Gasteiger partial charge on any atom is 0.162 e. The van der Waals surface area contributed by atoms with Crippen LogP contribution in [0.2, 0.25) is 0 Å². The Bertz CT molecular complexity index is 2510. The quantitative estimate of drug-likeness (QED) is 0.197. The van der Waals surface area contributed by atoms with Crippen LogP contribution >= 0.6 is 0 Å². The van der Waals surface area contributed by atoms with Crippen molar-refractivity contribution >= 4 is 33.0 Å². The molecule has 0 aliphatic carbocycles. The van der Waals surface area contributed by atoms with E-state index in [2.05, 4.69) is 103 Å². The molecule has 0 spiro atoms. The molecule has 0 aliphatic heterocycles. The number of nitrogens with zero attached hydrogens (tertiary/aromatic N) is 3. The number of hydrogen-bond acceptors (Lipinski definition) is 4. The van der Waals surface area contributed by atoms with Gasteiger partial charge >= 0.3 is 0 Å². The molecule has 4 nitrogen and oxygen atoms in total. The first kappa shape index (κ1) is 27.0. The van der Waals surface area contributed by atoms with Gasteiger partial charge in [0.2, 0.25) is 0 Å². The normalized spacial score (nSPS) is 11.4. The van der Waals surface area contributed by atoms with Crippen LogP contribution < -0.4 is 0 Å². The molecule has 0 bridgehead atoms. The third-order valence-electron chi connectivity index (χ3n) is 8.67. The lowest BCUT2D eigenvalue weighted by Gasteiger charge is -2.12. The Kier molecular flexibility index (Phi) is 6.43. The van der Waals surface area contributed by atoms with Gasteiger partial charge < -0.3 is 4.42 Å². The minimum atomic E-state index is 0.687. The van der Waals surface area contributed by atoms with Gasteiger partial charge in [0, 0.05) is 33.0 Å². The van der Waals surface area contributed by atoms with Gasteiger partial charge in [-0.05, 0) is 53.1 Å².